The summed E-state index contributed by atoms with van der Waals surface area (Å²) in [5.41, 5.74) is 4.02. The number of pyridine rings is 1. The van der Waals surface area contributed by atoms with Gasteiger partial charge in [0.05, 0.1) is 11.6 Å². The Morgan fingerprint density at radius 2 is 2.04 bits per heavy atom. The molecule has 0 aliphatic carbocycles. The van der Waals surface area contributed by atoms with Gasteiger partial charge in [0, 0.05) is 25.4 Å². The molecule has 5 heteroatoms. The zero-order chi connectivity index (χ0) is 18.8. The monoisotopic (exact) mass is 350 g/mol. The summed E-state index contributed by atoms with van der Waals surface area (Å²) in [6.07, 6.45) is 3.50. The quantitative estimate of drug-likeness (QED) is 0.895. The molecule has 1 aromatic heterocycles. The van der Waals surface area contributed by atoms with E-state index in [1.165, 1.54) is 0 Å². The van der Waals surface area contributed by atoms with Crippen molar-refractivity contribution < 1.29 is 14.7 Å². The average molecular weight is 350 g/mol. The van der Waals surface area contributed by atoms with Crippen molar-refractivity contribution in [3.63, 3.8) is 0 Å². The van der Waals surface area contributed by atoms with Crippen molar-refractivity contribution in [3.05, 3.63) is 76.3 Å². The van der Waals surface area contributed by atoms with Crippen LogP contribution in [-0.2, 0) is 16.1 Å². The van der Waals surface area contributed by atoms with Gasteiger partial charge in [0.25, 0.3) is 5.91 Å². The molecule has 1 atom stereocenters. The van der Waals surface area contributed by atoms with Crippen LogP contribution in [0.2, 0.25) is 0 Å². The first-order valence-corrected chi connectivity index (χ1v) is 8.67. The van der Waals surface area contributed by atoms with Gasteiger partial charge in [-0.1, -0.05) is 36.8 Å². The van der Waals surface area contributed by atoms with Crippen LogP contribution in [0.5, 0.6) is 0 Å². The highest BCUT2D eigenvalue weighted by Crippen LogP contribution is 2.39. The van der Waals surface area contributed by atoms with Gasteiger partial charge in [0.2, 0.25) is 0 Å². The number of benzene rings is 1. The molecule has 5 nitrogen and oxygen atoms in total. The number of hydrogen-bond donors (Lipinski definition) is 1. The number of aliphatic hydroxyl groups excluding tert-OH is 1. The molecule has 26 heavy (non-hydrogen) atoms. The lowest BCUT2D eigenvalue weighted by Crippen LogP contribution is -2.31. The third-order valence-electron chi connectivity index (χ3n) is 4.77. The van der Waals surface area contributed by atoms with Gasteiger partial charge in [-0.05, 0) is 36.6 Å². The van der Waals surface area contributed by atoms with Crippen LogP contribution in [-0.4, -0.2) is 26.7 Å². The number of aliphatic hydroxyl groups is 1. The first-order chi connectivity index (χ1) is 12.4. The van der Waals surface area contributed by atoms with Crippen LogP contribution >= 0.6 is 0 Å². The first kappa shape index (κ1) is 17.9. The highest BCUT2D eigenvalue weighted by atomic mass is 16.3. The summed E-state index contributed by atoms with van der Waals surface area (Å²) in [5.74, 6) is -1.19. The average Bonchev–Trinajstić information content (AvgIpc) is 2.89. The van der Waals surface area contributed by atoms with Gasteiger partial charge in [-0.25, -0.2) is 0 Å². The van der Waals surface area contributed by atoms with Crippen molar-refractivity contribution in [2.24, 2.45) is 0 Å². The lowest BCUT2D eigenvalue weighted by molar-refractivity contribution is -0.130. The van der Waals surface area contributed by atoms with Crippen molar-refractivity contribution >= 4 is 11.7 Å². The zero-order valence-corrected chi connectivity index (χ0v) is 15.2. The van der Waals surface area contributed by atoms with E-state index in [1.54, 1.807) is 30.3 Å². The number of Topliss-reactive ketones (excluding diaryl/α,β-unsaturated/α-hetero) is 1. The van der Waals surface area contributed by atoms with Crippen LogP contribution in [0.4, 0.5) is 0 Å². The maximum atomic E-state index is 12.8. The molecule has 3 rings (SSSR count). The summed E-state index contributed by atoms with van der Waals surface area (Å²) in [6, 6.07) is 9.02. The SMILES string of the molecule is CCC(=O)C1=C(O)C(=O)N(Cc2cc(C)ccc2C)C1c1cccnc1. The molecule has 0 fully saturated rings. The fourth-order valence-corrected chi connectivity index (χ4v) is 3.33. The molecule has 0 saturated heterocycles. The Hall–Kier alpha value is -2.95. The van der Waals surface area contributed by atoms with Gasteiger partial charge in [0.1, 0.15) is 0 Å². The summed E-state index contributed by atoms with van der Waals surface area (Å²) >= 11 is 0. The standard InChI is InChI=1S/C21H22N2O3/c1-4-17(24)18-19(15-6-5-9-22-11-15)23(21(26)20(18)25)12-16-10-13(2)7-8-14(16)3/h5-11,19,25H,4,12H2,1-3H3. The summed E-state index contributed by atoms with van der Waals surface area (Å²) in [7, 11) is 0. The van der Waals surface area contributed by atoms with Gasteiger partial charge in [-0.15, -0.1) is 0 Å². The number of aromatic nitrogens is 1. The summed E-state index contributed by atoms with van der Waals surface area (Å²) in [6.45, 7) is 6.02. The van der Waals surface area contributed by atoms with E-state index < -0.39 is 17.7 Å². The Bertz CT molecular complexity index is 887. The van der Waals surface area contributed by atoms with E-state index in [-0.39, 0.29) is 17.8 Å². The molecule has 2 aromatic rings. The molecule has 2 heterocycles. The fourth-order valence-electron chi connectivity index (χ4n) is 3.33. The Labute approximate surface area is 153 Å². The molecule has 1 N–H and O–H groups in total. The van der Waals surface area contributed by atoms with Crippen molar-refractivity contribution in [2.45, 2.75) is 39.8 Å². The predicted octanol–water partition coefficient (Wildman–Crippen LogP) is 3.57. The molecule has 1 aliphatic rings. The third-order valence-corrected chi connectivity index (χ3v) is 4.77. The van der Waals surface area contributed by atoms with E-state index in [9.17, 15) is 14.7 Å². The molecule has 134 valence electrons. The number of aryl methyl sites for hydroxylation is 2. The smallest absolute Gasteiger partial charge is 0.290 e. The Morgan fingerprint density at radius 3 is 2.69 bits per heavy atom. The van der Waals surface area contributed by atoms with Gasteiger partial charge < -0.3 is 10.0 Å². The highest BCUT2D eigenvalue weighted by Gasteiger charge is 2.43. The second kappa shape index (κ2) is 7.12. The van der Waals surface area contributed by atoms with E-state index in [0.717, 1.165) is 16.7 Å². The van der Waals surface area contributed by atoms with Crippen molar-refractivity contribution in [3.8, 4) is 0 Å². The Kier molecular flexibility index (Phi) is 4.89. The second-order valence-corrected chi connectivity index (χ2v) is 6.59. The molecule has 1 aromatic carbocycles. The van der Waals surface area contributed by atoms with Crippen LogP contribution in [0, 0.1) is 13.8 Å². The molecular weight excluding hydrogens is 328 g/mol. The molecule has 1 aliphatic heterocycles. The van der Waals surface area contributed by atoms with E-state index in [0.29, 0.717) is 12.1 Å². The molecule has 0 spiro atoms. The molecule has 0 saturated carbocycles. The lowest BCUT2D eigenvalue weighted by Gasteiger charge is -2.27. The third kappa shape index (κ3) is 3.12. The minimum Gasteiger partial charge on any atom is -0.503 e. The van der Waals surface area contributed by atoms with Gasteiger partial charge >= 0.3 is 0 Å². The molecule has 0 bridgehead atoms. The predicted molar refractivity (Wildman–Crippen MR) is 98.4 cm³/mol. The van der Waals surface area contributed by atoms with E-state index in [4.69, 9.17) is 0 Å². The normalized spacial score (nSPS) is 17.1. The number of hydrogen-bond acceptors (Lipinski definition) is 4. The van der Waals surface area contributed by atoms with E-state index >= 15 is 0 Å². The molecule has 1 unspecified atom stereocenters. The fraction of sp³-hybridized carbons (Fsp3) is 0.286. The van der Waals surface area contributed by atoms with Crippen molar-refractivity contribution in [1.82, 2.24) is 9.88 Å². The van der Waals surface area contributed by atoms with Gasteiger partial charge in [-0.2, -0.15) is 0 Å². The largest absolute Gasteiger partial charge is 0.503 e. The Morgan fingerprint density at radius 1 is 1.27 bits per heavy atom. The number of nitrogens with zero attached hydrogens (tertiary/aromatic N) is 2. The van der Waals surface area contributed by atoms with Crippen LogP contribution < -0.4 is 0 Å². The van der Waals surface area contributed by atoms with Crippen molar-refractivity contribution in [1.29, 1.82) is 0 Å². The van der Waals surface area contributed by atoms with E-state index in [2.05, 4.69) is 4.98 Å². The van der Waals surface area contributed by atoms with Crippen LogP contribution in [0.3, 0.4) is 0 Å². The van der Waals surface area contributed by atoms with Crippen LogP contribution in [0.25, 0.3) is 0 Å². The molecule has 0 radical (unpaired) electrons. The van der Waals surface area contributed by atoms with Crippen LogP contribution in [0.15, 0.2) is 54.1 Å². The topological polar surface area (TPSA) is 70.5 Å². The summed E-state index contributed by atoms with van der Waals surface area (Å²) in [4.78, 5) is 30.9. The lowest BCUT2D eigenvalue weighted by atomic mass is 9.95. The summed E-state index contributed by atoms with van der Waals surface area (Å²) < 4.78 is 0. The second-order valence-electron chi connectivity index (χ2n) is 6.59. The number of carbonyl (C=O) groups is 2. The minimum atomic E-state index is -0.622. The number of amides is 1. The maximum absolute atomic E-state index is 12.8. The maximum Gasteiger partial charge on any atom is 0.290 e. The van der Waals surface area contributed by atoms with E-state index in [1.807, 2.05) is 38.1 Å². The van der Waals surface area contributed by atoms with Crippen LogP contribution in [0.1, 0.15) is 41.6 Å². The number of rotatable bonds is 5. The zero-order valence-electron chi connectivity index (χ0n) is 15.2. The Balaban J connectivity index is 2.07. The van der Waals surface area contributed by atoms with Crippen molar-refractivity contribution in [2.75, 3.05) is 0 Å². The summed E-state index contributed by atoms with van der Waals surface area (Å²) in [5, 5.41) is 10.4. The number of ketones is 1. The number of carbonyl (C=O) groups excluding carboxylic acids is 2. The first-order valence-electron chi connectivity index (χ1n) is 8.67. The van der Waals surface area contributed by atoms with Gasteiger partial charge in [-0.3, -0.25) is 14.6 Å². The van der Waals surface area contributed by atoms with Gasteiger partial charge in [0.15, 0.2) is 11.5 Å². The minimum absolute atomic E-state index is 0.163. The highest BCUT2D eigenvalue weighted by molar-refractivity contribution is 6.08. The molecular formula is C21H22N2O3. The molecule has 1 amide bonds.